The number of amides is 1. The lowest BCUT2D eigenvalue weighted by Gasteiger charge is -2.34. The highest BCUT2D eigenvalue weighted by Gasteiger charge is 2.26. The van der Waals surface area contributed by atoms with E-state index >= 15 is 0 Å². The van der Waals surface area contributed by atoms with Crippen molar-refractivity contribution in [3.8, 4) is 0 Å². The zero-order valence-electron chi connectivity index (χ0n) is 15.1. The molecule has 27 heavy (non-hydrogen) atoms. The van der Waals surface area contributed by atoms with Gasteiger partial charge in [0.2, 0.25) is 0 Å². The van der Waals surface area contributed by atoms with Crippen molar-refractivity contribution in [3.63, 3.8) is 0 Å². The fourth-order valence-corrected chi connectivity index (χ4v) is 4.26. The Morgan fingerprint density at radius 3 is 2.67 bits per heavy atom. The maximum Gasteiger partial charge on any atom is 0.267 e. The van der Waals surface area contributed by atoms with Crippen LogP contribution in [0.5, 0.6) is 0 Å². The average molecular weight is 402 g/mol. The first-order valence-electron chi connectivity index (χ1n) is 8.64. The van der Waals surface area contributed by atoms with E-state index in [-0.39, 0.29) is 11.5 Å². The largest absolute Gasteiger partial charge is 0.353 e. The van der Waals surface area contributed by atoms with Crippen molar-refractivity contribution in [2.45, 2.75) is 6.92 Å². The Labute approximate surface area is 166 Å². The minimum atomic E-state index is -0.275. The van der Waals surface area contributed by atoms with E-state index in [4.69, 9.17) is 17.2 Å². The van der Waals surface area contributed by atoms with Crippen molar-refractivity contribution in [1.29, 1.82) is 0 Å². The molecule has 4 rings (SSSR count). The SMILES string of the molecule is Cc1cccn2c(=O)c(/C=C3/SC(=S)NC3=O)c(N3CCN(C)CC3)nc12. The molecule has 1 amide bonds. The molecule has 2 aliphatic heterocycles. The number of aromatic nitrogens is 2. The van der Waals surface area contributed by atoms with Gasteiger partial charge in [-0.05, 0) is 31.7 Å². The molecule has 0 spiro atoms. The van der Waals surface area contributed by atoms with Crippen LogP contribution in [0.15, 0.2) is 28.0 Å². The third-order valence-corrected chi connectivity index (χ3v) is 5.95. The third kappa shape index (κ3) is 3.38. The van der Waals surface area contributed by atoms with Gasteiger partial charge in [-0.15, -0.1) is 0 Å². The highest BCUT2D eigenvalue weighted by molar-refractivity contribution is 8.26. The van der Waals surface area contributed by atoms with E-state index in [0.717, 1.165) is 31.7 Å². The van der Waals surface area contributed by atoms with Crippen molar-refractivity contribution >= 4 is 51.7 Å². The summed E-state index contributed by atoms with van der Waals surface area (Å²) in [6.45, 7) is 5.28. The second-order valence-corrected chi connectivity index (χ2v) is 8.40. The number of fused-ring (bicyclic) bond motifs is 1. The Morgan fingerprint density at radius 1 is 1.26 bits per heavy atom. The Balaban J connectivity index is 1.92. The van der Waals surface area contributed by atoms with Gasteiger partial charge in [-0.2, -0.15) is 0 Å². The van der Waals surface area contributed by atoms with E-state index in [0.29, 0.717) is 26.3 Å². The van der Waals surface area contributed by atoms with Gasteiger partial charge in [0.25, 0.3) is 11.5 Å². The number of rotatable bonds is 2. The van der Waals surface area contributed by atoms with E-state index in [1.54, 1.807) is 12.3 Å². The molecule has 0 saturated carbocycles. The molecule has 0 atom stereocenters. The number of piperazine rings is 1. The molecule has 9 heteroatoms. The zero-order chi connectivity index (χ0) is 19.1. The summed E-state index contributed by atoms with van der Waals surface area (Å²) in [6.07, 6.45) is 3.33. The number of hydrogen-bond acceptors (Lipinski definition) is 7. The molecule has 140 valence electrons. The number of aryl methyl sites for hydroxylation is 1. The fourth-order valence-electron chi connectivity index (χ4n) is 3.24. The number of thioether (sulfide) groups is 1. The van der Waals surface area contributed by atoms with Crippen molar-refractivity contribution in [3.05, 3.63) is 44.7 Å². The molecule has 0 radical (unpaired) electrons. The molecule has 7 nitrogen and oxygen atoms in total. The average Bonchev–Trinajstić information content (AvgIpc) is 2.96. The molecule has 2 aromatic heterocycles. The molecule has 4 heterocycles. The number of nitrogens with zero attached hydrogens (tertiary/aromatic N) is 4. The van der Waals surface area contributed by atoms with Crippen LogP contribution in [0.25, 0.3) is 11.7 Å². The summed E-state index contributed by atoms with van der Waals surface area (Å²) in [4.78, 5) is 35.0. The van der Waals surface area contributed by atoms with Crippen LogP contribution in [-0.4, -0.2) is 57.7 Å². The number of thiocarbonyl (C=S) groups is 1. The summed E-state index contributed by atoms with van der Waals surface area (Å²) in [5.41, 5.74) is 1.80. The normalized spacial score (nSPS) is 19.9. The molecule has 2 aliphatic rings. The Hall–Kier alpha value is -2.23. The van der Waals surface area contributed by atoms with Gasteiger partial charge < -0.3 is 15.1 Å². The summed E-state index contributed by atoms with van der Waals surface area (Å²) in [5, 5.41) is 2.60. The van der Waals surface area contributed by atoms with Gasteiger partial charge in [-0.1, -0.05) is 30.0 Å². The minimum Gasteiger partial charge on any atom is -0.353 e. The molecule has 0 aliphatic carbocycles. The molecule has 0 aromatic carbocycles. The standard InChI is InChI=1S/C18H19N5O2S2/c1-11-4-3-5-23-14(11)19-15(22-8-6-21(2)7-9-22)12(17(23)25)10-13-16(24)20-18(26)27-13/h3-5,10H,6-9H2,1-2H3,(H,20,24,26)/b13-10+. The maximum atomic E-state index is 13.3. The third-order valence-electron chi connectivity index (χ3n) is 4.78. The van der Waals surface area contributed by atoms with Gasteiger partial charge in [0.1, 0.15) is 15.8 Å². The molecule has 0 bridgehead atoms. The van der Waals surface area contributed by atoms with Crippen LogP contribution in [0.1, 0.15) is 11.1 Å². The summed E-state index contributed by atoms with van der Waals surface area (Å²) in [6, 6.07) is 3.76. The van der Waals surface area contributed by atoms with E-state index in [1.807, 2.05) is 19.1 Å². The molecule has 0 unspecified atom stereocenters. The van der Waals surface area contributed by atoms with Gasteiger partial charge in [0, 0.05) is 32.4 Å². The molecule has 2 fully saturated rings. The van der Waals surface area contributed by atoms with Crippen LogP contribution in [0.2, 0.25) is 0 Å². The van der Waals surface area contributed by atoms with Gasteiger partial charge in [0.05, 0.1) is 10.5 Å². The number of nitrogens with one attached hydrogen (secondary N) is 1. The predicted molar refractivity (Wildman–Crippen MR) is 112 cm³/mol. The summed E-state index contributed by atoms with van der Waals surface area (Å²) >= 11 is 6.23. The van der Waals surface area contributed by atoms with E-state index < -0.39 is 0 Å². The van der Waals surface area contributed by atoms with Gasteiger partial charge in [-0.3, -0.25) is 14.0 Å². The highest BCUT2D eigenvalue weighted by atomic mass is 32.2. The Morgan fingerprint density at radius 2 is 2.00 bits per heavy atom. The van der Waals surface area contributed by atoms with Crippen LogP contribution >= 0.6 is 24.0 Å². The topological polar surface area (TPSA) is 70.0 Å². The predicted octanol–water partition coefficient (Wildman–Crippen LogP) is 1.24. The Bertz CT molecular complexity index is 1040. The van der Waals surface area contributed by atoms with Crippen molar-refractivity contribution in [2.75, 3.05) is 38.1 Å². The lowest BCUT2D eigenvalue weighted by atomic mass is 10.2. The summed E-state index contributed by atoms with van der Waals surface area (Å²) < 4.78 is 1.94. The first kappa shape index (κ1) is 18.1. The van der Waals surface area contributed by atoms with Gasteiger partial charge in [0.15, 0.2) is 0 Å². The summed E-state index contributed by atoms with van der Waals surface area (Å²) in [7, 11) is 2.08. The molecular weight excluding hydrogens is 382 g/mol. The van der Waals surface area contributed by atoms with Crippen molar-refractivity contribution < 1.29 is 4.79 Å². The Kier molecular flexibility index (Phi) is 4.75. The zero-order valence-corrected chi connectivity index (χ0v) is 16.7. The molecule has 2 saturated heterocycles. The van der Waals surface area contributed by atoms with Gasteiger partial charge in [-0.25, -0.2) is 4.98 Å². The minimum absolute atomic E-state index is 0.184. The fraction of sp³-hybridized carbons (Fsp3) is 0.333. The number of pyridine rings is 1. The molecule has 2 aromatic rings. The lowest BCUT2D eigenvalue weighted by molar-refractivity contribution is -0.115. The first-order chi connectivity index (χ1) is 12.9. The van der Waals surface area contributed by atoms with Crippen LogP contribution in [-0.2, 0) is 4.79 Å². The van der Waals surface area contributed by atoms with Crippen LogP contribution in [0.4, 0.5) is 5.82 Å². The number of carbonyl (C=O) groups is 1. The number of anilines is 1. The summed E-state index contributed by atoms with van der Waals surface area (Å²) in [5.74, 6) is 0.351. The lowest BCUT2D eigenvalue weighted by Crippen LogP contribution is -2.45. The second kappa shape index (κ2) is 7.06. The first-order valence-corrected chi connectivity index (χ1v) is 9.87. The molecule has 1 N–H and O–H groups in total. The molecular formula is C18H19N5O2S2. The number of likely N-dealkylation sites (N-methyl/N-ethyl adjacent to an activating group) is 1. The highest BCUT2D eigenvalue weighted by Crippen LogP contribution is 2.28. The van der Waals surface area contributed by atoms with Crippen molar-refractivity contribution in [2.24, 2.45) is 0 Å². The van der Waals surface area contributed by atoms with Crippen LogP contribution in [0, 0.1) is 6.92 Å². The number of carbonyl (C=O) groups excluding carboxylic acids is 1. The monoisotopic (exact) mass is 401 g/mol. The maximum absolute atomic E-state index is 13.3. The van der Waals surface area contributed by atoms with E-state index in [2.05, 4.69) is 22.2 Å². The van der Waals surface area contributed by atoms with E-state index in [1.165, 1.54) is 16.2 Å². The van der Waals surface area contributed by atoms with E-state index in [9.17, 15) is 9.59 Å². The van der Waals surface area contributed by atoms with Crippen molar-refractivity contribution in [1.82, 2.24) is 19.6 Å². The second-order valence-electron chi connectivity index (χ2n) is 6.68. The number of hydrogen-bond donors (Lipinski definition) is 1. The smallest absolute Gasteiger partial charge is 0.267 e. The van der Waals surface area contributed by atoms with Gasteiger partial charge >= 0.3 is 0 Å². The van der Waals surface area contributed by atoms with Crippen LogP contribution < -0.4 is 15.8 Å². The quantitative estimate of drug-likeness (QED) is 0.600. The van der Waals surface area contributed by atoms with Crippen LogP contribution in [0.3, 0.4) is 0 Å².